The van der Waals surface area contributed by atoms with Crippen LogP contribution in [0.15, 0.2) is 35.3 Å². The van der Waals surface area contributed by atoms with E-state index in [9.17, 15) is 24.3 Å². The van der Waals surface area contributed by atoms with Crippen LogP contribution in [0.4, 0.5) is 0 Å². The molecule has 1 aromatic carbocycles. The van der Waals surface area contributed by atoms with Gasteiger partial charge < -0.3 is 37.8 Å². The van der Waals surface area contributed by atoms with E-state index in [1.807, 2.05) is 6.07 Å². The van der Waals surface area contributed by atoms with E-state index >= 15 is 0 Å². The number of nitrogens with zero attached hydrogens (tertiary/aromatic N) is 2. The van der Waals surface area contributed by atoms with Crippen LogP contribution in [0.2, 0.25) is 0 Å². The molecule has 0 radical (unpaired) electrons. The molecule has 1 saturated heterocycles. The molecule has 0 aliphatic carbocycles. The van der Waals surface area contributed by atoms with E-state index in [0.29, 0.717) is 25.8 Å². The third-order valence-electron chi connectivity index (χ3n) is 5.71. The van der Waals surface area contributed by atoms with Crippen molar-refractivity contribution in [2.24, 2.45) is 22.2 Å². The number of carboxylic acid groups (broad SMARTS) is 1. The first-order chi connectivity index (χ1) is 16.6. The Morgan fingerprint density at radius 1 is 1.14 bits per heavy atom. The number of hydrogen-bond acceptors (Lipinski definition) is 6. The monoisotopic (exact) mass is 489 g/mol. The first-order valence-electron chi connectivity index (χ1n) is 11.6. The third kappa shape index (κ3) is 8.56. The van der Waals surface area contributed by atoms with Gasteiger partial charge in [0.15, 0.2) is 5.96 Å². The number of benzene rings is 1. The summed E-state index contributed by atoms with van der Waals surface area (Å²) in [6.07, 6.45) is 1.72. The Kier molecular flexibility index (Phi) is 10.5. The minimum absolute atomic E-state index is 0.0766. The number of nitrogens with one attached hydrogen (secondary N) is 2. The molecule has 4 atom stereocenters. The number of carbonyl (C=O) groups is 4. The Hall–Kier alpha value is -3.67. The number of aliphatic imine (C=N–C) groups is 1. The number of carbonyl (C=O) groups excluding carboxylic acids is 3. The Bertz CT molecular complexity index is 918. The van der Waals surface area contributed by atoms with Crippen LogP contribution in [0.1, 0.15) is 38.2 Å². The van der Waals surface area contributed by atoms with Crippen LogP contribution in [0, 0.1) is 0 Å². The van der Waals surface area contributed by atoms with Gasteiger partial charge in [-0.3, -0.25) is 19.4 Å². The molecular weight excluding hydrogens is 454 g/mol. The summed E-state index contributed by atoms with van der Waals surface area (Å²) in [6, 6.07) is 5.23. The lowest BCUT2D eigenvalue weighted by Gasteiger charge is -2.29. The fourth-order valence-corrected chi connectivity index (χ4v) is 3.89. The maximum Gasteiger partial charge on any atom is 0.326 e. The molecule has 35 heavy (non-hydrogen) atoms. The first-order valence-corrected chi connectivity index (χ1v) is 11.6. The molecule has 0 aromatic heterocycles. The predicted molar refractivity (Wildman–Crippen MR) is 130 cm³/mol. The largest absolute Gasteiger partial charge is 0.480 e. The van der Waals surface area contributed by atoms with Gasteiger partial charge in [0.05, 0.1) is 6.04 Å². The highest BCUT2D eigenvalue weighted by molar-refractivity contribution is 5.94. The zero-order chi connectivity index (χ0) is 26.0. The lowest BCUT2D eigenvalue weighted by Crippen LogP contribution is -2.56. The smallest absolute Gasteiger partial charge is 0.326 e. The summed E-state index contributed by atoms with van der Waals surface area (Å²) < 4.78 is 0. The van der Waals surface area contributed by atoms with Crippen molar-refractivity contribution in [3.8, 4) is 0 Å². The number of hydrogen-bond donors (Lipinski definition) is 6. The summed E-state index contributed by atoms with van der Waals surface area (Å²) in [5.41, 5.74) is 17.1. The van der Waals surface area contributed by atoms with Crippen LogP contribution in [0.5, 0.6) is 0 Å². The minimum atomic E-state index is -1.17. The van der Waals surface area contributed by atoms with Crippen molar-refractivity contribution in [1.29, 1.82) is 0 Å². The molecule has 12 nitrogen and oxygen atoms in total. The van der Waals surface area contributed by atoms with Crippen molar-refractivity contribution in [2.75, 3.05) is 13.1 Å². The number of aliphatic carboxylic acids is 1. The topological polar surface area (TPSA) is 206 Å². The van der Waals surface area contributed by atoms with Gasteiger partial charge in [0, 0.05) is 19.5 Å². The van der Waals surface area contributed by atoms with Crippen LogP contribution in [0.3, 0.4) is 0 Å². The van der Waals surface area contributed by atoms with Gasteiger partial charge in [-0.25, -0.2) is 4.79 Å². The zero-order valence-electron chi connectivity index (χ0n) is 19.9. The molecular formula is C23H35N7O5. The molecule has 0 saturated carbocycles. The van der Waals surface area contributed by atoms with Crippen molar-refractivity contribution in [3.63, 3.8) is 0 Å². The normalized spacial score (nSPS) is 17.7. The second-order valence-corrected chi connectivity index (χ2v) is 8.58. The van der Waals surface area contributed by atoms with E-state index in [2.05, 4.69) is 15.6 Å². The van der Waals surface area contributed by atoms with Gasteiger partial charge >= 0.3 is 5.97 Å². The van der Waals surface area contributed by atoms with Crippen molar-refractivity contribution >= 4 is 29.7 Å². The van der Waals surface area contributed by atoms with Gasteiger partial charge in [-0.2, -0.15) is 0 Å². The molecule has 4 unspecified atom stereocenters. The van der Waals surface area contributed by atoms with Gasteiger partial charge in [-0.05, 0) is 38.2 Å². The van der Waals surface area contributed by atoms with Crippen LogP contribution < -0.4 is 27.8 Å². The Morgan fingerprint density at radius 2 is 1.83 bits per heavy atom. The molecule has 0 spiro atoms. The van der Waals surface area contributed by atoms with Crippen LogP contribution >= 0.6 is 0 Å². The van der Waals surface area contributed by atoms with Gasteiger partial charge in [0.25, 0.3) is 0 Å². The predicted octanol–water partition coefficient (Wildman–Crippen LogP) is -1.32. The van der Waals surface area contributed by atoms with E-state index in [-0.39, 0.29) is 25.3 Å². The highest BCUT2D eigenvalue weighted by atomic mass is 16.4. The summed E-state index contributed by atoms with van der Waals surface area (Å²) in [6.45, 7) is 2.08. The average molecular weight is 490 g/mol. The van der Waals surface area contributed by atoms with Crippen LogP contribution in [-0.4, -0.2) is 76.9 Å². The van der Waals surface area contributed by atoms with E-state index in [1.54, 1.807) is 24.3 Å². The van der Waals surface area contributed by atoms with E-state index in [1.165, 1.54) is 11.8 Å². The molecule has 1 heterocycles. The maximum atomic E-state index is 13.3. The fraction of sp³-hybridized carbons (Fsp3) is 0.522. The van der Waals surface area contributed by atoms with Crippen molar-refractivity contribution in [2.45, 2.75) is 63.2 Å². The zero-order valence-corrected chi connectivity index (χ0v) is 19.9. The summed E-state index contributed by atoms with van der Waals surface area (Å²) >= 11 is 0. The van der Waals surface area contributed by atoms with Crippen LogP contribution in [0.25, 0.3) is 0 Å². The first kappa shape index (κ1) is 27.6. The molecule has 9 N–H and O–H groups in total. The molecule has 0 bridgehead atoms. The Labute approximate surface area is 204 Å². The van der Waals surface area contributed by atoms with Gasteiger partial charge in [0.2, 0.25) is 17.7 Å². The van der Waals surface area contributed by atoms with Crippen molar-refractivity contribution in [1.82, 2.24) is 15.5 Å². The number of guanidine groups is 1. The van der Waals surface area contributed by atoms with Crippen LogP contribution in [-0.2, 0) is 25.6 Å². The molecule has 1 aromatic rings. The lowest BCUT2D eigenvalue weighted by atomic mass is 10.0. The van der Waals surface area contributed by atoms with Crippen molar-refractivity contribution < 1.29 is 24.3 Å². The van der Waals surface area contributed by atoms with E-state index < -0.39 is 47.9 Å². The van der Waals surface area contributed by atoms with Crippen molar-refractivity contribution in [3.05, 3.63) is 35.9 Å². The summed E-state index contributed by atoms with van der Waals surface area (Å²) in [7, 11) is 0. The SMILES string of the molecule is CC(N)C(=O)NC(CCCN=C(N)N)C(=O)N1CCCC1C(=O)NC(Cc1ccccc1)C(=O)O. The molecule has 1 aliphatic rings. The fourth-order valence-electron chi connectivity index (χ4n) is 3.89. The molecule has 3 amide bonds. The molecule has 12 heteroatoms. The Balaban J connectivity index is 2.11. The molecule has 2 rings (SSSR count). The second-order valence-electron chi connectivity index (χ2n) is 8.58. The Morgan fingerprint density at radius 3 is 2.43 bits per heavy atom. The van der Waals surface area contributed by atoms with Gasteiger partial charge in [-0.15, -0.1) is 0 Å². The third-order valence-corrected chi connectivity index (χ3v) is 5.71. The highest BCUT2D eigenvalue weighted by Crippen LogP contribution is 2.20. The number of nitrogens with two attached hydrogens (primary N) is 3. The lowest BCUT2D eigenvalue weighted by molar-refractivity contribution is -0.145. The van der Waals surface area contributed by atoms with E-state index in [4.69, 9.17) is 17.2 Å². The maximum absolute atomic E-state index is 13.3. The quantitative estimate of drug-likeness (QED) is 0.118. The molecule has 1 fully saturated rings. The van der Waals surface area contributed by atoms with Gasteiger partial charge in [-0.1, -0.05) is 30.3 Å². The highest BCUT2D eigenvalue weighted by Gasteiger charge is 2.38. The van der Waals surface area contributed by atoms with E-state index in [0.717, 1.165) is 5.56 Å². The standard InChI is InChI=1S/C23H35N7O5/c1-14(24)19(31)28-16(9-5-11-27-23(25)26)21(33)30-12-6-10-18(30)20(32)29-17(22(34)35)13-15-7-3-2-4-8-15/h2-4,7-8,14,16-18H,5-6,9-13,24H2,1H3,(H,28,31)(H,29,32)(H,34,35)(H4,25,26,27). The number of likely N-dealkylation sites (tertiary alicyclic amines) is 1. The summed E-state index contributed by atoms with van der Waals surface area (Å²) in [5.74, 6) is -2.72. The summed E-state index contributed by atoms with van der Waals surface area (Å²) in [5, 5.41) is 14.8. The average Bonchev–Trinajstić information content (AvgIpc) is 3.30. The molecule has 1 aliphatic heterocycles. The minimum Gasteiger partial charge on any atom is -0.480 e. The summed E-state index contributed by atoms with van der Waals surface area (Å²) in [4.78, 5) is 55.6. The number of rotatable bonds is 12. The number of amides is 3. The number of carboxylic acids is 1. The molecule has 192 valence electrons. The van der Waals surface area contributed by atoms with Gasteiger partial charge in [0.1, 0.15) is 18.1 Å². The second kappa shape index (κ2) is 13.3.